The van der Waals surface area contributed by atoms with Gasteiger partial charge in [0.2, 0.25) is 6.10 Å². The zero-order valence-electron chi connectivity index (χ0n) is 15.7. The Morgan fingerprint density at radius 1 is 1.24 bits per heavy atom. The summed E-state index contributed by atoms with van der Waals surface area (Å²) in [4.78, 5) is 12.6. The summed E-state index contributed by atoms with van der Waals surface area (Å²) in [6.07, 6.45) is 0.397. The molecule has 0 spiro atoms. The Hall–Kier alpha value is -2.55. The van der Waals surface area contributed by atoms with Crippen molar-refractivity contribution in [2.24, 2.45) is 17.3 Å². The maximum atomic E-state index is 14.2. The zero-order valence-corrected chi connectivity index (χ0v) is 17.2. The number of benzene rings is 2. The van der Waals surface area contributed by atoms with Gasteiger partial charge in [0.15, 0.2) is 11.6 Å². The highest BCUT2D eigenvalue weighted by atomic mass is 35.5. The van der Waals surface area contributed by atoms with Crippen molar-refractivity contribution in [3.63, 3.8) is 0 Å². The molecule has 0 amide bonds. The van der Waals surface area contributed by atoms with E-state index in [1.54, 1.807) is 30.3 Å². The Bertz CT molecular complexity index is 981. The summed E-state index contributed by atoms with van der Waals surface area (Å²) in [5.74, 6) is -1.39. The fourth-order valence-electron chi connectivity index (χ4n) is 3.31. The van der Waals surface area contributed by atoms with Crippen LogP contribution in [0.1, 0.15) is 25.5 Å². The van der Waals surface area contributed by atoms with Gasteiger partial charge >= 0.3 is 5.97 Å². The quantitative estimate of drug-likeness (QED) is 0.500. The van der Waals surface area contributed by atoms with E-state index in [0.717, 1.165) is 0 Å². The van der Waals surface area contributed by atoms with Gasteiger partial charge in [-0.1, -0.05) is 61.3 Å². The van der Waals surface area contributed by atoms with E-state index in [4.69, 9.17) is 32.7 Å². The Labute approximate surface area is 178 Å². The number of esters is 1. The second kappa shape index (κ2) is 8.44. The van der Waals surface area contributed by atoms with Gasteiger partial charge in [-0.25, -0.2) is 4.39 Å². The number of carbonyl (C=O) groups excluding carboxylic acids is 1. The van der Waals surface area contributed by atoms with E-state index in [0.29, 0.717) is 11.3 Å². The van der Waals surface area contributed by atoms with Crippen molar-refractivity contribution in [3.8, 4) is 17.6 Å². The van der Waals surface area contributed by atoms with Gasteiger partial charge in [0.25, 0.3) is 0 Å². The summed E-state index contributed by atoms with van der Waals surface area (Å²) in [7, 11) is 0. The van der Waals surface area contributed by atoms with Crippen LogP contribution in [0.15, 0.2) is 59.1 Å². The highest BCUT2D eigenvalue weighted by molar-refractivity contribution is 6.55. The van der Waals surface area contributed by atoms with Crippen LogP contribution in [0.4, 0.5) is 4.39 Å². The maximum Gasteiger partial charge on any atom is 0.311 e. The first-order valence-electron chi connectivity index (χ1n) is 8.89. The van der Waals surface area contributed by atoms with Crippen molar-refractivity contribution in [2.45, 2.75) is 20.0 Å². The molecule has 2 aromatic rings. The smallest absolute Gasteiger partial charge is 0.311 e. The number of ether oxygens (including phenoxy) is 2. The molecule has 1 aliphatic rings. The Morgan fingerprint density at radius 2 is 1.93 bits per heavy atom. The van der Waals surface area contributed by atoms with Crippen molar-refractivity contribution in [1.82, 2.24) is 0 Å². The third kappa shape index (κ3) is 4.72. The van der Waals surface area contributed by atoms with Crippen LogP contribution >= 0.6 is 23.2 Å². The molecule has 3 atom stereocenters. The number of carbonyl (C=O) groups is 1. The highest BCUT2D eigenvalue weighted by Crippen LogP contribution is 2.60. The van der Waals surface area contributed by atoms with Crippen LogP contribution in [0.5, 0.6) is 11.5 Å². The van der Waals surface area contributed by atoms with Gasteiger partial charge in [-0.15, -0.1) is 0 Å². The van der Waals surface area contributed by atoms with E-state index >= 15 is 0 Å². The number of hydrogen-bond acceptors (Lipinski definition) is 4. The second-order valence-electron chi connectivity index (χ2n) is 7.33. The molecule has 4 nitrogen and oxygen atoms in total. The summed E-state index contributed by atoms with van der Waals surface area (Å²) in [6, 6.07) is 14.5. The number of nitrogens with zero attached hydrogens (tertiary/aromatic N) is 1. The highest BCUT2D eigenvalue weighted by Gasteiger charge is 2.62. The lowest BCUT2D eigenvalue weighted by atomic mass is 10.1. The van der Waals surface area contributed by atoms with Gasteiger partial charge in [-0.3, -0.25) is 4.79 Å². The van der Waals surface area contributed by atoms with Gasteiger partial charge in [0.05, 0.1) is 5.92 Å². The van der Waals surface area contributed by atoms with E-state index in [2.05, 4.69) is 0 Å². The van der Waals surface area contributed by atoms with Crippen molar-refractivity contribution in [1.29, 1.82) is 5.26 Å². The van der Waals surface area contributed by atoms with E-state index in [-0.39, 0.29) is 21.6 Å². The van der Waals surface area contributed by atoms with Crippen LogP contribution in [0.3, 0.4) is 0 Å². The predicted octanol–water partition coefficient (Wildman–Crippen LogP) is 6.32. The lowest BCUT2D eigenvalue weighted by Gasteiger charge is -2.14. The average molecular weight is 434 g/mol. The number of nitriles is 1. The van der Waals surface area contributed by atoms with Crippen LogP contribution in [0.2, 0.25) is 0 Å². The first kappa shape index (κ1) is 21.2. The van der Waals surface area contributed by atoms with E-state index in [9.17, 15) is 14.4 Å². The van der Waals surface area contributed by atoms with Gasteiger partial charge in [0.1, 0.15) is 16.3 Å². The minimum absolute atomic E-state index is 0.0634. The van der Waals surface area contributed by atoms with Gasteiger partial charge in [-0.05, 0) is 41.7 Å². The molecule has 0 unspecified atom stereocenters. The monoisotopic (exact) mass is 433 g/mol. The molecule has 0 aromatic heterocycles. The molecule has 150 valence electrons. The number of allylic oxidation sites excluding steroid dienone is 1. The SMILES string of the molecule is CC1(C)[C@@H](C=C(Cl)Cl)[C@@H]1C(=O)O[C@@H](C#N)c1ccc(F)c(Oc2ccccc2)c1. The number of hydrogen-bond donors (Lipinski definition) is 0. The van der Waals surface area contributed by atoms with Crippen LogP contribution < -0.4 is 4.74 Å². The fraction of sp³-hybridized carbons (Fsp3) is 0.273. The molecule has 2 aromatic carbocycles. The van der Waals surface area contributed by atoms with Crippen LogP contribution in [0, 0.1) is 34.4 Å². The third-order valence-corrected chi connectivity index (χ3v) is 5.30. The topological polar surface area (TPSA) is 59.3 Å². The van der Waals surface area contributed by atoms with Gasteiger partial charge < -0.3 is 9.47 Å². The van der Waals surface area contributed by atoms with Crippen LogP contribution in [-0.2, 0) is 9.53 Å². The average Bonchev–Trinajstić information content (AvgIpc) is 3.21. The Kier molecular flexibility index (Phi) is 6.16. The minimum atomic E-state index is -1.20. The first-order chi connectivity index (χ1) is 13.7. The minimum Gasteiger partial charge on any atom is -0.454 e. The lowest BCUT2D eigenvalue weighted by molar-refractivity contribution is -0.149. The molecule has 1 aliphatic carbocycles. The summed E-state index contributed by atoms with van der Waals surface area (Å²) >= 11 is 11.4. The van der Waals surface area contributed by atoms with Crippen molar-refractivity contribution < 1.29 is 18.7 Å². The standard InChI is InChI=1S/C22H18Cl2FNO3/c1-22(2)15(11-19(23)24)20(22)21(27)29-18(12-26)13-8-9-16(25)17(10-13)28-14-6-4-3-5-7-14/h3-11,15,18,20H,1-2H3/t15-,18-,20+/m0/s1. The molecule has 0 heterocycles. The summed E-state index contributed by atoms with van der Waals surface area (Å²) in [5, 5.41) is 9.51. The number of para-hydroxylation sites is 1. The number of halogens is 3. The molecule has 0 N–H and O–H groups in total. The maximum absolute atomic E-state index is 14.2. The van der Waals surface area contributed by atoms with Crippen LogP contribution in [0.25, 0.3) is 0 Å². The molecule has 1 fully saturated rings. The molecule has 29 heavy (non-hydrogen) atoms. The predicted molar refractivity (Wildman–Crippen MR) is 108 cm³/mol. The molecule has 1 saturated carbocycles. The third-order valence-electron chi connectivity index (χ3n) is 5.05. The molecule has 0 bridgehead atoms. The summed E-state index contributed by atoms with van der Waals surface area (Å²) < 4.78 is 25.2. The Morgan fingerprint density at radius 3 is 2.55 bits per heavy atom. The van der Waals surface area contributed by atoms with Crippen molar-refractivity contribution in [3.05, 3.63) is 70.5 Å². The van der Waals surface area contributed by atoms with E-state index < -0.39 is 23.8 Å². The van der Waals surface area contributed by atoms with E-state index in [1.807, 2.05) is 26.0 Å². The molecule has 7 heteroatoms. The molecular weight excluding hydrogens is 416 g/mol. The zero-order chi connectivity index (χ0) is 21.2. The molecule has 0 radical (unpaired) electrons. The molecular formula is C22H18Cl2FNO3. The largest absolute Gasteiger partial charge is 0.454 e. The Balaban J connectivity index is 1.77. The fourth-order valence-corrected chi connectivity index (χ4v) is 3.58. The van der Waals surface area contributed by atoms with E-state index in [1.165, 1.54) is 18.2 Å². The molecule has 0 saturated heterocycles. The van der Waals surface area contributed by atoms with Gasteiger partial charge in [0, 0.05) is 5.56 Å². The lowest BCUT2D eigenvalue weighted by Crippen LogP contribution is -2.14. The molecule has 0 aliphatic heterocycles. The second-order valence-corrected chi connectivity index (χ2v) is 8.34. The van der Waals surface area contributed by atoms with Crippen LogP contribution in [-0.4, -0.2) is 5.97 Å². The molecule has 3 rings (SSSR count). The summed E-state index contributed by atoms with van der Waals surface area (Å²) in [5.41, 5.74) is -0.0645. The number of rotatable bonds is 6. The first-order valence-corrected chi connectivity index (χ1v) is 9.65. The normalized spacial score (nSPS) is 20.1. The summed E-state index contributed by atoms with van der Waals surface area (Å²) in [6.45, 7) is 3.78. The van der Waals surface area contributed by atoms with Gasteiger partial charge in [-0.2, -0.15) is 5.26 Å². The van der Waals surface area contributed by atoms with Crippen molar-refractivity contribution >= 4 is 29.2 Å². The van der Waals surface area contributed by atoms with Crippen molar-refractivity contribution in [2.75, 3.05) is 0 Å².